The fourth-order valence-electron chi connectivity index (χ4n) is 8.23. The van der Waals surface area contributed by atoms with Crippen molar-refractivity contribution in [1.29, 1.82) is 0 Å². The zero-order valence-corrected chi connectivity index (χ0v) is 44.9. The molecule has 1 unspecified atom stereocenters. The van der Waals surface area contributed by atoms with Crippen molar-refractivity contribution in [3.8, 4) is 0 Å². The summed E-state index contributed by atoms with van der Waals surface area (Å²) in [4.78, 5) is 38.1. The van der Waals surface area contributed by atoms with Crippen molar-refractivity contribution in [3.05, 3.63) is 72.9 Å². The first-order chi connectivity index (χ1) is 33.5. The average molecular weight is 950 g/mol. The molecule has 0 rings (SSSR count). The number of unbranched alkanes of at least 4 members (excludes halogenated alkanes) is 33. The molecule has 0 aliphatic carbocycles. The van der Waals surface area contributed by atoms with Crippen molar-refractivity contribution < 1.29 is 28.6 Å². The molecular weight excluding hydrogens is 841 g/mol. The van der Waals surface area contributed by atoms with E-state index >= 15 is 0 Å². The number of carbonyl (C=O) groups is 3. The van der Waals surface area contributed by atoms with Gasteiger partial charge in [0.25, 0.3) is 0 Å². The Hall–Kier alpha value is -3.15. The molecule has 392 valence electrons. The van der Waals surface area contributed by atoms with E-state index in [1.54, 1.807) is 0 Å². The van der Waals surface area contributed by atoms with Crippen molar-refractivity contribution in [2.24, 2.45) is 0 Å². The standard InChI is InChI=1S/C62H108O6/c1-4-7-10-13-16-19-22-25-27-29-31-33-34-37-40-43-46-49-52-55-61(64)67-58-59(57-66-60(63)54-51-48-45-42-39-36-24-21-18-15-12-9-6-3)68-62(65)56-53-50-47-44-41-38-35-32-30-28-26-23-20-17-14-11-8-5-2/h9,12,15,18,21,24,32,35-36,39,42,45,59H,4-8,10-11,13-14,16-17,19-20,22-23,25-31,33-34,37-38,40-41,43-44,46-58H2,1-3H3/b12-9+,18-15+,24-21+,35-32+,39-36+,45-42+. The van der Waals surface area contributed by atoms with Crippen molar-refractivity contribution in [3.63, 3.8) is 0 Å². The van der Waals surface area contributed by atoms with Crippen LogP contribution in [0.5, 0.6) is 0 Å². The molecule has 0 spiro atoms. The molecule has 0 radical (unpaired) electrons. The first kappa shape index (κ1) is 64.8. The summed E-state index contributed by atoms with van der Waals surface area (Å²) < 4.78 is 16.8. The van der Waals surface area contributed by atoms with E-state index in [1.165, 1.54) is 173 Å². The lowest BCUT2D eigenvalue weighted by molar-refractivity contribution is -0.167. The van der Waals surface area contributed by atoms with Crippen LogP contribution in [0.4, 0.5) is 0 Å². The largest absolute Gasteiger partial charge is 0.462 e. The van der Waals surface area contributed by atoms with Gasteiger partial charge >= 0.3 is 17.9 Å². The van der Waals surface area contributed by atoms with Gasteiger partial charge in [-0.2, -0.15) is 0 Å². The Kier molecular flexibility index (Phi) is 53.8. The minimum Gasteiger partial charge on any atom is -0.462 e. The second-order valence-corrected chi connectivity index (χ2v) is 19.3. The van der Waals surface area contributed by atoms with Crippen molar-refractivity contribution in [1.82, 2.24) is 0 Å². The summed E-state index contributed by atoms with van der Waals surface area (Å²) in [7, 11) is 0. The van der Waals surface area contributed by atoms with E-state index in [9.17, 15) is 14.4 Å². The minimum absolute atomic E-state index is 0.0988. The Morgan fingerprint density at radius 3 is 0.985 bits per heavy atom. The monoisotopic (exact) mass is 949 g/mol. The highest BCUT2D eigenvalue weighted by molar-refractivity contribution is 5.71. The van der Waals surface area contributed by atoms with Gasteiger partial charge in [0.15, 0.2) is 6.10 Å². The summed E-state index contributed by atoms with van der Waals surface area (Å²) >= 11 is 0. The third-order valence-corrected chi connectivity index (χ3v) is 12.6. The first-order valence-electron chi connectivity index (χ1n) is 29.0. The molecule has 0 aliphatic heterocycles. The summed E-state index contributed by atoms with van der Waals surface area (Å²) in [6.45, 7) is 6.46. The van der Waals surface area contributed by atoms with Crippen molar-refractivity contribution >= 4 is 17.9 Å². The predicted molar refractivity (Wildman–Crippen MR) is 293 cm³/mol. The number of ether oxygens (including phenoxy) is 3. The highest BCUT2D eigenvalue weighted by Crippen LogP contribution is 2.16. The lowest BCUT2D eigenvalue weighted by Crippen LogP contribution is -2.30. The number of hydrogen-bond donors (Lipinski definition) is 0. The van der Waals surface area contributed by atoms with Gasteiger partial charge in [-0.1, -0.05) is 280 Å². The predicted octanol–water partition coefficient (Wildman–Crippen LogP) is 19.4. The quantitative estimate of drug-likeness (QED) is 0.0199. The second-order valence-electron chi connectivity index (χ2n) is 19.3. The third-order valence-electron chi connectivity index (χ3n) is 12.6. The fraction of sp³-hybridized carbons (Fsp3) is 0.758. The van der Waals surface area contributed by atoms with E-state index in [0.29, 0.717) is 19.3 Å². The van der Waals surface area contributed by atoms with Gasteiger partial charge in [0, 0.05) is 19.3 Å². The second kappa shape index (κ2) is 56.4. The number of hydrogen-bond acceptors (Lipinski definition) is 6. The SMILES string of the molecule is CC/C=C/C=C/C=C/C=C/C=C/CCCC(=O)OCC(COC(=O)CCCCCCCCCCCCCCCCCCCCC)OC(=O)CCCCCCC/C=C/CCCCCCCCCCC. The smallest absolute Gasteiger partial charge is 0.306 e. The molecule has 1 atom stereocenters. The maximum atomic E-state index is 12.8. The Balaban J connectivity index is 4.40. The van der Waals surface area contributed by atoms with E-state index in [2.05, 4.69) is 39.0 Å². The van der Waals surface area contributed by atoms with E-state index in [-0.39, 0.29) is 37.5 Å². The molecule has 0 aromatic rings. The molecule has 0 saturated carbocycles. The summed E-state index contributed by atoms with van der Waals surface area (Å²) in [6, 6.07) is 0. The fourth-order valence-corrected chi connectivity index (χ4v) is 8.23. The normalized spacial score (nSPS) is 12.6. The average Bonchev–Trinajstić information content (AvgIpc) is 3.34. The molecule has 6 heteroatoms. The van der Waals surface area contributed by atoms with Crippen molar-refractivity contribution in [2.75, 3.05) is 13.2 Å². The Morgan fingerprint density at radius 2 is 0.603 bits per heavy atom. The zero-order chi connectivity index (χ0) is 49.3. The maximum absolute atomic E-state index is 12.8. The van der Waals surface area contributed by atoms with Gasteiger partial charge in [0.2, 0.25) is 0 Å². The Labute approximate surface area is 421 Å². The first-order valence-corrected chi connectivity index (χ1v) is 29.0. The van der Waals surface area contributed by atoms with E-state index in [1.807, 2.05) is 54.7 Å². The molecule has 0 saturated heterocycles. The molecule has 0 fully saturated rings. The molecular formula is C62H108O6. The molecule has 0 heterocycles. The number of esters is 3. The van der Waals surface area contributed by atoms with Gasteiger partial charge in [-0.05, 0) is 57.8 Å². The van der Waals surface area contributed by atoms with Crippen LogP contribution in [0.1, 0.15) is 284 Å². The number of allylic oxidation sites excluding steroid dienone is 12. The summed E-state index contributed by atoms with van der Waals surface area (Å²) in [5.41, 5.74) is 0. The van der Waals surface area contributed by atoms with Crippen LogP contribution in [0.2, 0.25) is 0 Å². The highest BCUT2D eigenvalue weighted by atomic mass is 16.6. The number of carbonyl (C=O) groups excluding carboxylic acids is 3. The highest BCUT2D eigenvalue weighted by Gasteiger charge is 2.19. The molecule has 0 N–H and O–H groups in total. The molecule has 68 heavy (non-hydrogen) atoms. The van der Waals surface area contributed by atoms with Gasteiger partial charge < -0.3 is 14.2 Å². The summed E-state index contributed by atoms with van der Waals surface area (Å²) in [5.74, 6) is -0.974. The molecule has 0 aromatic heterocycles. The topological polar surface area (TPSA) is 78.9 Å². The van der Waals surface area contributed by atoms with E-state index in [4.69, 9.17) is 14.2 Å². The van der Waals surface area contributed by atoms with Crippen LogP contribution in [-0.2, 0) is 28.6 Å². The summed E-state index contributed by atoms with van der Waals surface area (Å²) in [5, 5.41) is 0. The Morgan fingerprint density at radius 1 is 0.309 bits per heavy atom. The lowest BCUT2D eigenvalue weighted by Gasteiger charge is -2.18. The van der Waals surface area contributed by atoms with Gasteiger partial charge in [-0.3, -0.25) is 14.4 Å². The van der Waals surface area contributed by atoms with Crippen LogP contribution in [0.3, 0.4) is 0 Å². The molecule has 0 aliphatic rings. The van der Waals surface area contributed by atoms with Crippen molar-refractivity contribution in [2.45, 2.75) is 290 Å². The van der Waals surface area contributed by atoms with Gasteiger partial charge in [0.1, 0.15) is 13.2 Å². The van der Waals surface area contributed by atoms with Gasteiger partial charge in [-0.15, -0.1) is 0 Å². The molecule has 6 nitrogen and oxygen atoms in total. The van der Waals surface area contributed by atoms with Crippen LogP contribution in [0.15, 0.2) is 72.9 Å². The number of rotatable bonds is 52. The van der Waals surface area contributed by atoms with Gasteiger partial charge in [0.05, 0.1) is 0 Å². The van der Waals surface area contributed by atoms with Gasteiger partial charge in [-0.25, -0.2) is 0 Å². The van der Waals surface area contributed by atoms with Crippen LogP contribution >= 0.6 is 0 Å². The zero-order valence-electron chi connectivity index (χ0n) is 44.9. The molecule has 0 amide bonds. The van der Waals surface area contributed by atoms with Crippen LogP contribution in [0.25, 0.3) is 0 Å². The molecule has 0 aromatic carbocycles. The minimum atomic E-state index is -0.807. The Bertz CT molecular complexity index is 1270. The lowest BCUT2D eigenvalue weighted by atomic mass is 10.0. The van der Waals surface area contributed by atoms with Crippen LogP contribution in [-0.4, -0.2) is 37.2 Å². The van der Waals surface area contributed by atoms with E-state index < -0.39 is 6.10 Å². The van der Waals surface area contributed by atoms with Crippen LogP contribution < -0.4 is 0 Å². The van der Waals surface area contributed by atoms with E-state index in [0.717, 1.165) is 64.2 Å². The van der Waals surface area contributed by atoms with Crippen LogP contribution in [0, 0.1) is 0 Å². The third kappa shape index (κ3) is 53.8. The summed E-state index contributed by atoms with van der Waals surface area (Å²) in [6.07, 6.45) is 72.0. The maximum Gasteiger partial charge on any atom is 0.306 e. The molecule has 0 bridgehead atoms.